The molecule has 2 unspecified atom stereocenters. The third kappa shape index (κ3) is 6.38. The van der Waals surface area contributed by atoms with Gasteiger partial charge in [-0.05, 0) is 37.6 Å². The van der Waals surface area contributed by atoms with Crippen molar-refractivity contribution in [2.75, 3.05) is 16.8 Å². The zero-order valence-electron chi connectivity index (χ0n) is 16.6. The van der Waals surface area contributed by atoms with Crippen LogP contribution in [0.4, 0.5) is 11.4 Å². The van der Waals surface area contributed by atoms with Gasteiger partial charge in [0.05, 0.1) is 5.92 Å². The van der Waals surface area contributed by atoms with Gasteiger partial charge in [-0.1, -0.05) is 32.6 Å². The first-order chi connectivity index (χ1) is 12.9. The number of benzene rings is 1. The summed E-state index contributed by atoms with van der Waals surface area (Å²) in [7, 11) is 0. The first kappa shape index (κ1) is 20.9. The molecule has 6 nitrogen and oxygen atoms in total. The highest BCUT2D eigenvalue weighted by molar-refractivity contribution is 6.00. The lowest BCUT2D eigenvalue weighted by Crippen LogP contribution is -2.38. The molecule has 6 heteroatoms. The van der Waals surface area contributed by atoms with E-state index in [1.165, 1.54) is 26.2 Å². The molecule has 2 atom stereocenters. The van der Waals surface area contributed by atoms with E-state index in [0.717, 1.165) is 18.5 Å². The molecule has 2 rings (SSSR count). The number of anilines is 2. The first-order valence-corrected chi connectivity index (χ1v) is 9.89. The Morgan fingerprint density at radius 1 is 1.19 bits per heavy atom. The summed E-state index contributed by atoms with van der Waals surface area (Å²) in [6.07, 6.45) is 5.95. The van der Waals surface area contributed by atoms with Crippen molar-refractivity contribution in [1.82, 2.24) is 5.32 Å². The van der Waals surface area contributed by atoms with Crippen molar-refractivity contribution in [2.24, 2.45) is 5.92 Å². The van der Waals surface area contributed by atoms with Crippen LogP contribution in [-0.2, 0) is 14.4 Å². The summed E-state index contributed by atoms with van der Waals surface area (Å²) in [4.78, 5) is 37.6. The normalized spacial score (nSPS) is 17.7. The molecule has 1 heterocycles. The predicted molar refractivity (Wildman–Crippen MR) is 108 cm³/mol. The molecule has 0 aromatic heterocycles. The summed E-state index contributed by atoms with van der Waals surface area (Å²) < 4.78 is 0. The molecule has 1 saturated heterocycles. The summed E-state index contributed by atoms with van der Waals surface area (Å²) >= 11 is 0. The second-order valence-electron chi connectivity index (χ2n) is 7.39. The van der Waals surface area contributed by atoms with E-state index in [-0.39, 0.29) is 36.1 Å². The van der Waals surface area contributed by atoms with Gasteiger partial charge in [0.2, 0.25) is 17.7 Å². The monoisotopic (exact) mass is 373 g/mol. The Labute approximate surface area is 161 Å². The van der Waals surface area contributed by atoms with E-state index in [2.05, 4.69) is 17.6 Å². The molecule has 1 aliphatic heterocycles. The summed E-state index contributed by atoms with van der Waals surface area (Å²) in [5, 5.41) is 5.76. The Balaban J connectivity index is 1.86. The molecular weight excluding hydrogens is 342 g/mol. The number of carbonyl (C=O) groups is 3. The Morgan fingerprint density at radius 2 is 1.89 bits per heavy atom. The van der Waals surface area contributed by atoms with Crippen molar-refractivity contribution < 1.29 is 14.4 Å². The second-order valence-corrected chi connectivity index (χ2v) is 7.39. The Kier molecular flexibility index (Phi) is 7.82. The minimum Gasteiger partial charge on any atom is -0.353 e. The zero-order valence-corrected chi connectivity index (χ0v) is 16.6. The Hall–Kier alpha value is -2.37. The van der Waals surface area contributed by atoms with Crippen molar-refractivity contribution in [1.29, 1.82) is 0 Å². The van der Waals surface area contributed by atoms with E-state index < -0.39 is 0 Å². The van der Waals surface area contributed by atoms with Crippen molar-refractivity contribution >= 4 is 29.1 Å². The van der Waals surface area contributed by atoms with Gasteiger partial charge in [0.1, 0.15) is 0 Å². The Morgan fingerprint density at radius 3 is 2.52 bits per heavy atom. The summed E-state index contributed by atoms with van der Waals surface area (Å²) in [5.74, 6) is -0.534. The third-order valence-electron chi connectivity index (χ3n) is 4.87. The van der Waals surface area contributed by atoms with Gasteiger partial charge in [0.25, 0.3) is 0 Å². The minimum atomic E-state index is -0.314. The molecule has 0 radical (unpaired) electrons. The molecule has 1 fully saturated rings. The first-order valence-electron chi connectivity index (χ1n) is 9.89. The van der Waals surface area contributed by atoms with Crippen LogP contribution in [0.3, 0.4) is 0 Å². The number of nitrogens with one attached hydrogen (secondary N) is 2. The zero-order chi connectivity index (χ0) is 19.8. The molecule has 1 aliphatic rings. The van der Waals surface area contributed by atoms with Crippen LogP contribution in [0.2, 0.25) is 0 Å². The lowest BCUT2D eigenvalue weighted by Gasteiger charge is -2.19. The number of rotatable bonds is 9. The van der Waals surface area contributed by atoms with Gasteiger partial charge < -0.3 is 15.5 Å². The van der Waals surface area contributed by atoms with Crippen molar-refractivity contribution in [2.45, 2.75) is 65.3 Å². The molecule has 0 bridgehead atoms. The topological polar surface area (TPSA) is 78.5 Å². The maximum absolute atomic E-state index is 12.5. The van der Waals surface area contributed by atoms with Crippen LogP contribution in [0, 0.1) is 5.92 Å². The molecule has 2 N–H and O–H groups in total. The van der Waals surface area contributed by atoms with Gasteiger partial charge in [-0.2, -0.15) is 0 Å². The average molecular weight is 373 g/mol. The molecule has 148 valence electrons. The highest BCUT2D eigenvalue weighted by Crippen LogP contribution is 2.26. The molecule has 0 saturated carbocycles. The smallest absolute Gasteiger partial charge is 0.227 e. The van der Waals surface area contributed by atoms with Crippen LogP contribution in [0.1, 0.15) is 59.3 Å². The lowest BCUT2D eigenvalue weighted by molar-refractivity contribution is -0.126. The van der Waals surface area contributed by atoms with Gasteiger partial charge in [0.15, 0.2) is 0 Å². The van der Waals surface area contributed by atoms with E-state index in [0.29, 0.717) is 12.2 Å². The van der Waals surface area contributed by atoms with Crippen LogP contribution >= 0.6 is 0 Å². The number of nitrogens with zero attached hydrogens (tertiary/aromatic N) is 1. The highest BCUT2D eigenvalue weighted by Gasteiger charge is 2.35. The fraction of sp³-hybridized carbons (Fsp3) is 0.571. The molecule has 0 spiro atoms. The quantitative estimate of drug-likeness (QED) is 0.651. The fourth-order valence-corrected chi connectivity index (χ4v) is 3.37. The summed E-state index contributed by atoms with van der Waals surface area (Å²) in [6, 6.07) is 7.24. The third-order valence-corrected chi connectivity index (χ3v) is 4.87. The SMILES string of the molecule is CCCCCCC(C)NC(=O)C1CC(=O)N(c2ccc(NC(C)=O)cc2)C1. The molecule has 3 amide bonds. The van der Waals surface area contributed by atoms with Crippen LogP contribution in [0.5, 0.6) is 0 Å². The van der Waals surface area contributed by atoms with E-state index in [1.54, 1.807) is 29.2 Å². The molecule has 1 aromatic rings. The van der Waals surface area contributed by atoms with Gasteiger partial charge >= 0.3 is 0 Å². The summed E-state index contributed by atoms with van der Waals surface area (Å²) in [6.45, 7) is 6.05. The number of hydrogen-bond acceptors (Lipinski definition) is 3. The minimum absolute atomic E-state index is 0.0382. The van der Waals surface area contributed by atoms with Crippen LogP contribution in [0.15, 0.2) is 24.3 Å². The number of carbonyl (C=O) groups excluding carboxylic acids is 3. The Bertz CT molecular complexity index is 657. The van der Waals surface area contributed by atoms with E-state index in [1.807, 2.05) is 6.92 Å². The van der Waals surface area contributed by atoms with E-state index in [4.69, 9.17) is 0 Å². The van der Waals surface area contributed by atoms with Crippen LogP contribution in [0.25, 0.3) is 0 Å². The second kappa shape index (κ2) is 10.1. The van der Waals surface area contributed by atoms with E-state index in [9.17, 15) is 14.4 Å². The number of amides is 3. The van der Waals surface area contributed by atoms with Crippen molar-refractivity contribution in [3.8, 4) is 0 Å². The van der Waals surface area contributed by atoms with Gasteiger partial charge in [-0.3, -0.25) is 14.4 Å². The molecule has 0 aliphatic carbocycles. The van der Waals surface area contributed by atoms with Crippen molar-refractivity contribution in [3.05, 3.63) is 24.3 Å². The van der Waals surface area contributed by atoms with Gasteiger partial charge in [-0.15, -0.1) is 0 Å². The molecule has 1 aromatic carbocycles. The van der Waals surface area contributed by atoms with Crippen LogP contribution < -0.4 is 15.5 Å². The summed E-state index contributed by atoms with van der Waals surface area (Å²) in [5.41, 5.74) is 1.43. The largest absolute Gasteiger partial charge is 0.353 e. The maximum atomic E-state index is 12.5. The standard InChI is InChI=1S/C21H31N3O3/c1-4-5-6-7-8-15(2)22-21(27)17-13-20(26)24(14-17)19-11-9-18(10-12-19)23-16(3)25/h9-12,15,17H,4-8,13-14H2,1-3H3,(H,22,27)(H,23,25). The van der Waals surface area contributed by atoms with Crippen LogP contribution in [-0.4, -0.2) is 30.3 Å². The predicted octanol–water partition coefficient (Wildman–Crippen LogP) is 3.47. The van der Waals surface area contributed by atoms with Gasteiger partial charge in [0, 0.05) is 37.3 Å². The molecular formula is C21H31N3O3. The maximum Gasteiger partial charge on any atom is 0.227 e. The average Bonchev–Trinajstić information content (AvgIpc) is 3.01. The highest BCUT2D eigenvalue weighted by atomic mass is 16.2. The fourth-order valence-electron chi connectivity index (χ4n) is 3.37. The number of hydrogen-bond donors (Lipinski definition) is 2. The number of unbranched alkanes of at least 4 members (excludes halogenated alkanes) is 3. The van der Waals surface area contributed by atoms with Gasteiger partial charge in [-0.25, -0.2) is 0 Å². The molecule has 27 heavy (non-hydrogen) atoms. The lowest BCUT2D eigenvalue weighted by atomic mass is 10.1. The van der Waals surface area contributed by atoms with Crippen molar-refractivity contribution in [3.63, 3.8) is 0 Å². The van der Waals surface area contributed by atoms with E-state index >= 15 is 0 Å².